The van der Waals surface area contributed by atoms with Crippen molar-refractivity contribution >= 4 is 16.9 Å². The monoisotopic (exact) mass is 415 g/mol. The van der Waals surface area contributed by atoms with Crippen molar-refractivity contribution in [2.45, 2.75) is 37.8 Å². The summed E-state index contributed by atoms with van der Waals surface area (Å²) in [6, 6.07) is 18.1. The molecule has 2 atom stereocenters. The maximum Gasteiger partial charge on any atom is 0.232 e. The van der Waals surface area contributed by atoms with Crippen molar-refractivity contribution in [2.75, 3.05) is 12.4 Å². The number of aliphatic hydroxyl groups excluding tert-OH is 1. The normalized spacial score (nSPS) is 18.8. The molecule has 2 aromatic heterocycles. The summed E-state index contributed by atoms with van der Waals surface area (Å²) in [4.78, 5) is 8.99. The number of fused-ring (bicyclic) bond motifs is 1. The average molecular weight is 415 g/mol. The van der Waals surface area contributed by atoms with Crippen LogP contribution in [0.4, 0.5) is 5.82 Å². The van der Waals surface area contributed by atoms with E-state index in [2.05, 4.69) is 15.3 Å². The van der Waals surface area contributed by atoms with Crippen LogP contribution in [0.3, 0.4) is 0 Å². The first-order chi connectivity index (χ1) is 15.2. The Morgan fingerprint density at radius 1 is 1.00 bits per heavy atom. The number of aliphatic hydroxyl groups is 1. The molecule has 6 nitrogen and oxygen atoms in total. The number of furan rings is 1. The molecular weight excluding hydrogens is 390 g/mol. The molecule has 1 aliphatic rings. The van der Waals surface area contributed by atoms with E-state index in [1.165, 1.54) is 6.33 Å². The summed E-state index contributed by atoms with van der Waals surface area (Å²) in [6.45, 7) is 0. The highest BCUT2D eigenvalue weighted by Gasteiger charge is 2.25. The van der Waals surface area contributed by atoms with Crippen LogP contribution in [-0.2, 0) is 0 Å². The van der Waals surface area contributed by atoms with Gasteiger partial charge in [-0.15, -0.1) is 0 Å². The predicted molar refractivity (Wildman–Crippen MR) is 121 cm³/mol. The maximum absolute atomic E-state index is 10.1. The lowest BCUT2D eigenvalue weighted by Crippen LogP contribution is -2.30. The molecule has 5 rings (SSSR count). The molecule has 4 aromatic rings. The molecular formula is C25H25N3O3. The van der Waals surface area contributed by atoms with Crippen molar-refractivity contribution in [3.63, 3.8) is 0 Å². The number of hydrogen-bond acceptors (Lipinski definition) is 6. The Morgan fingerprint density at radius 3 is 2.55 bits per heavy atom. The molecule has 0 radical (unpaired) electrons. The number of aromatic nitrogens is 2. The van der Waals surface area contributed by atoms with Gasteiger partial charge in [0.1, 0.15) is 23.7 Å². The SMILES string of the molecule is COc1ccc(-c2c(-c3ccccc3)oc3ncnc(N[C@H]4CCC[C@H](O)C4)c23)cc1. The van der Waals surface area contributed by atoms with Crippen LogP contribution >= 0.6 is 0 Å². The van der Waals surface area contributed by atoms with Gasteiger partial charge in [-0.3, -0.25) is 0 Å². The van der Waals surface area contributed by atoms with Crippen molar-refractivity contribution in [1.82, 2.24) is 9.97 Å². The van der Waals surface area contributed by atoms with Gasteiger partial charge in [-0.05, 0) is 43.4 Å². The van der Waals surface area contributed by atoms with Crippen LogP contribution in [0.15, 0.2) is 65.3 Å². The minimum Gasteiger partial charge on any atom is -0.497 e. The fraction of sp³-hybridized carbons (Fsp3) is 0.280. The van der Waals surface area contributed by atoms with Gasteiger partial charge < -0.3 is 19.6 Å². The summed E-state index contributed by atoms with van der Waals surface area (Å²) in [5.41, 5.74) is 3.46. The van der Waals surface area contributed by atoms with Crippen LogP contribution in [0.2, 0.25) is 0 Å². The molecule has 0 unspecified atom stereocenters. The number of nitrogens with one attached hydrogen (secondary N) is 1. The van der Waals surface area contributed by atoms with Crippen molar-refractivity contribution in [2.24, 2.45) is 0 Å². The second kappa shape index (κ2) is 8.40. The minimum absolute atomic E-state index is 0.167. The summed E-state index contributed by atoms with van der Waals surface area (Å²) in [5.74, 6) is 2.29. The van der Waals surface area contributed by atoms with Gasteiger partial charge >= 0.3 is 0 Å². The van der Waals surface area contributed by atoms with Gasteiger partial charge in [-0.25, -0.2) is 9.97 Å². The van der Waals surface area contributed by atoms with E-state index in [1.807, 2.05) is 54.6 Å². The van der Waals surface area contributed by atoms with E-state index in [0.29, 0.717) is 12.1 Å². The summed E-state index contributed by atoms with van der Waals surface area (Å²) in [5, 5.41) is 14.5. The number of anilines is 1. The third-order valence-electron chi connectivity index (χ3n) is 5.89. The first-order valence-electron chi connectivity index (χ1n) is 10.6. The van der Waals surface area contributed by atoms with Crippen LogP contribution in [0, 0.1) is 0 Å². The molecule has 0 aliphatic heterocycles. The van der Waals surface area contributed by atoms with Crippen LogP contribution in [0.5, 0.6) is 5.75 Å². The molecule has 1 saturated carbocycles. The number of ether oxygens (including phenoxy) is 1. The highest BCUT2D eigenvalue weighted by molar-refractivity contribution is 6.05. The molecule has 1 aliphatic carbocycles. The van der Waals surface area contributed by atoms with E-state index in [4.69, 9.17) is 9.15 Å². The second-order valence-corrected chi connectivity index (χ2v) is 7.96. The second-order valence-electron chi connectivity index (χ2n) is 7.96. The van der Waals surface area contributed by atoms with Gasteiger partial charge in [0.25, 0.3) is 0 Å². The summed E-state index contributed by atoms with van der Waals surface area (Å²) in [7, 11) is 1.66. The number of hydrogen-bond donors (Lipinski definition) is 2. The van der Waals surface area contributed by atoms with Crippen molar-refractivity contribution in [3.05, 3.63) is 60.9 Å². The quantitative estimate of drug-likeness (QED) is 0.462. The Balaban J connectivity index is 1.68. The van der Waals surface area contributed by atoms with E-state index < -0.39 is 0 Å². The third-order valence-corrected chi connectivity index (χ3v) is 5.89. The molecule has 158 valence electrons. The minimum atomic E-state index is -0.270. The predicted octanol–water partition coefficient (Wildman–Crippen LogP) is 5.28. The van der Waals surface area contributed by atoms with Crippen molar-refractivity contribution < 1.29 is 14.3 Å². The van der Waals surface area contributed by atoms with E-state index in [1.54, 1.807) is 7.11 Å². The molecule has 0 amide bonds. The molecule has 0 spiro atoms. The molecule has 31 heavy (non-hydrogen) atoms. The highest BCUT2D eigenvalue weighted by Crippen LogP contribution is 2.43. The zero-order valence-electron chi connectivity index (χ0n) is 17.4. The molecule has 2 aromatic carbocycles. The topological polar surface area (TPSA) is 80.4 Å². The Morgan fingerprint density at radius 2 is 1.81 bits per heavy atom. The summed E-state index contributed by atoms with van der Waals surface area (Å²) < 4.78 is 11.6. The molecule has 2 N–H and O–H groups in total. The van der Waals surface area contributed by atoms with Crippen LogP contribution in [0.25, 0.3) is 33.6 Å². The van der Waals surface area contributed by atoms with E-state index in [0.717, 1.165) is 58.7 Å². The maximum atomic E-state index is 10.1. The molecule has 6 heteroatoms. The third kappa shape index (κ3) is 3.86. The fourth-order valence-electron chi connectivity index (χ4n) is 4.36. The zero-order chi connectivity index (χ0) is 21.2. The summed E-state index contributed by atoms with van der Waals surface area (Å²) in [6.07, 6.45) is 4.84. The Hall–Kier alpha value is -3.38. The highest BCUT2D eigenvalue weighted by atomic mass is 16.5. The number of rotatable bonds is 5. The van der Waals surface area contributed by atoms with Crippen molar-refractivity contribution in [3.8, 4) is 28.2 Å². The zero-order valence-corrected chi connectivity index (χ0v) is 17.4. The Labute approximate surface area is 180 Å². The average Bonchev–Trinajstić information content (AvgIpc) is 3.20. The summed E-state index contributed by atoms with van der Waals surface area (Å²) >= 11 is 0. The fourth-order valence-corrected chi connectivity index (χ4v) is 4.36. The Bertz CT molecular complexity index is 1170. The molecule has 1 fully saturated rings. The van der Waals surface area contributed by atoms with Gasteiger partial charge in [-0.1, -0.05) is 42.5 Å². The first-order valence-corrected chi connectivity index (χ1v) is 10.6. The lowest BCUT2D eigenvalue weighted by atomic mass is 9.93. The van der Waals surface area contributed by atoms with E-state index >= 15 is 0 Å². The van der Waals surface area contributed by atoms with Gasteiger partial charge in [0.05, 0.1) is 18.6 Å². The van der Waals surface area contributed by atoms with Crippen LogP contribution in [-0.4, -0.2) is 34.3 Å². The smallest absolute Gasteiger partial charge is 0.232 e. The van der Waals surface area contributed by atoms with Gasteiger partial charge in [0.2, 0.25) is 5.71 Å². The van der Waals surface area contributed by atoms with Gasteiger partial charge in [-0.2, -0.15) is 0 Å². The first kappa shape index (κ1) is 19.6. The van der Waals surface area contributed by atoms with Gasteiger partial charge in [0, 0.05) is 17.2 Å². The Kier molecular flexibility index (Phi) is 5.30. The van der Waals surface area contributed by atoms with E-state index in [9.17, 15) is 5.11 Å². The number of methoxy groups -OCH3 is 1. The lowest BCUT2D eigenvalue weighted by Gasteiger charge is -2.27. The standard InChI is InChI=1S/C25H25N3O3/c1-30-20-12-10-16(11-13-20)21-22-24(28-18-8-5-9-19(29)14-18)26-15-27-25(22)31-23(21)17-6-3-2-4-7-17/h2-4,6-7,10-13,15,18-19,29H,5,8-9,14H2,1H3,(H,26,27,28)/t18-,19-/m0/s1. The van der Waals surface area contributed by atoms with E-state index in [-0.39, 0.29) is 12.1 Å². The van der Waals surface area contributed by atoms with Gasteiger partial charge in [0.15, 0.2) is 0 Å². The number of benzene rings is 2. The molecule has 2 heterocycles. The number of nitrogens with zero attached hydrogens (tertiary/aromatic N) is 2. The van der Waals surface area contributed by atoms with Crippen LogP contribution in [0.1, 0.15) is 25.7 Å². The largest absolute Gasteiger partial charge is 0.497 e. The lowest BCUT2D eigenvalue weighted by molar-refractivity contribution is 0.124. The molecule has 0 bridgehead atoms. The van der Waals surface area contributed by atoms with Crippen LogP contribution < -0.4 is 10.1 Å². The molecule has 0 saturated heterocycles. The van der Waals surface area contributed by atoms with Crippen molar-refractivity contribution in [1.29, 1.82) is 0 Å².